The maximum Gasteiger partial charge on any atom is 0.138 e. The molecule has 3 heterocycles. The molecule has 0 saturated carbocycles. The first-order chi connectivity index (χ1) is 34.8. The summed E-state index contributed by atoms with van der Waals surface area (Å²) >= 11 is 0. The Morgan fingerprint density at radius 2 is 0.681 bits per heavy atom. The highest BCUT2D eigenvalue weighted by atomic mass is 15.1. The van der Waals surface area contributed by atoms with Crippen LogP contribution < -0.4 is 0 Å². The van der Waals surface area contributed by atoms with Gasteiger partial charge in [-0.15, -0.1) is 0 Å². The standard InChI is InChI=1S/C68H54N4/c1-40-20-41(2)25-54(24-40)49-12-16-63-59(33-49)60-34-50(55-26-42(3)21-43(4)27-55)13-17-64(60)71(63)67-39-70-68(37-58(67)53-11-9-10-48(32-53)38-69)72-65-18-14-51(56-28-44(5)22-45(6)29-56)35-61(65)62-36-52(15-19-66(62)72)57-30-46(7)23-47(8)31-57/h9-37,39H,1-8H3. The molecule has 9 aromatic carbocycles. The van der Waals surface area contributed by atoms with Crippen molar-refractivity contribution in [1.82, 2.24) is 14.1 Å². The van der Waals surface area contributed by atoms with Crippen LogP contribution in [-0.4, -0.2) is 14.1 Å². The van der Waals surface area contributed by atoms with Gasteiger partial charge in [0.15, 0.2) is 0 Å². The van der Waals surface area contributed by atoms with Crippen LogP contribution in [0.4, 0.5) is 0 Å². The van der Waals surface area contributed by atoms with Gasteiger partial charge in [-0.25, -0.2) is 4.98 Å². The van der Waals surface area contributed by atoms with E-state index in [1.54, 1.807) is 0 Å². The van der Waals surface area contributed by atoms with Crippen molar-refractivity contribution in [3.8, 4) is 73.2 Å². The fraction of sp³-hybridized carbons (Fsp3) is 0.118. The topological polar surface area (TPSA) is 46.5 Å². The monoisotopic (exact) mass is 926 g/mol. The molecule has 0 aliphatic heterocycles. The Kier molecular flexibility index (Phi) is 10.7. The van der Waals surface area contributed by atoms with Gasteiger partial charge in [-0.05, 0) is 172 Å². The van der Waals surface area contributed by atoms with Crippen molar-refractivity contribution in [3.63, 3.8) is 0 Å². The van der Waals surface area contributed by atoms with Crippen LogP contribution in [-0.2, 0) is 0 Å². The molecule has 0 aliphatic rings. The molecule has 0 saturated heterocycles. The van der Waals surface area contributed by atoms with E-state index >= 15 is 0 Å². The SMILES string of the molecule is Cc1cc(C)cc(-c2ccc3c(c2)c2cc(-c4cc(C)cc(C)c4)ccc2n3-c2cc(-c3cccc(C#N)c3)c(-n3c4ccc(-c5cc(C)cc(C)c5)cc4c4cc(-c5cc(C)cc(C)c5)ccc43)cn2)c1. The second-order valence-corrected chi connectivity index (χ2v) is 20.4. The second kappa shape index (κ2) is 17.3. The molecule has 0 aliphatic carbocycles. The van der Waals surface area contributed by atoms with Crippen LogP contribution in [0.5, 0.6) is 0 Å². The van der Waals surface area contributed by atoms with E-state index in [9.17, 15) is 5.26 Å². The smallest absolute Gasteiger partial charge is 0.138 e. The minimum absolute atomic E-state index is 0.602. The first kappa shape index (κ1) is 44.4. The normalized spacial score (nSPS) is 11.6. The lowest BCUT2D eigenvalue weighted by Gasteiger charge is -2.17. The molecule has 12 aromatic rings. The van der Waals surface area contributed by atoms with E-state index in [1.165, 1.54) is 89.0 Å². The molecule has 0 amide bonds. The van der Waals surface area contributed by atoms with Gasteiger partial charge in [-0.3, -0.25) is 4.57 Å². The molecule has 12 rings (SSSR count). The third kappa shape index (κ3) is 7.85. The molecule has 0 fully saturated rings. The van der Waals surface area contributed by atoms with Gasteiger partial charge < -0.3 is 4.57 Å². The van der Waals surface area contributed by atoms with Gasteiger partial charge in [-0.2, -0.15) is 5.26 Å². The molecule has 0 radical (unpaired) electrons. The van der Waals surface area contributed by atoms with E-state index in [4.69, 9.17) is 4.98 Å². The number of nitrogens with zero attached hydrogens (tertiary/aromatic N) is 4. The van der Waals surface area contributed by atoms with E-state index in [2.05, 4.69) is 228 Å². The average Bonchev–Trinajstić information content (AvgIpc) is 3.86. The van der Waals surface area contributed by atoms with Crippen molar-refractivity contribution in [2.75, 3.05) is 0 Å². The molecule has 0 unspecified atom stereocenters. The fourth-order valence-corrected chi connectivity index (χ4v) is 11.6. The summed E-state index contributed by atoms with van der Waals surface area (Å²) in [7, 11) is 0. The quantitative estimate of drug-likeness (QED) is 0.160. The lowest BCUT2D eigenvalue weighted by atomic mass is 9.97. The lowest BCUT2D eigenvalue weighted by molar-refractivity contribution is 1.06. The summed E-state index contributed by atoms with van der Waals surface area (Å²) in [5.74, 6) is 0.796. The maximum absolute atomic E-state index is 10.3. The number of pyridine rings is 1. The van der Waals surface area contributed by atoms with E-state index in [1.807, 2.05) is 24.4 Å². The van der Waals surface area contributed by atoms with Crippen LogP contribution >= 0.6 is 0 Å². The molecule has 4 heteroatoms. The van der Waals surface area contributed by atoms with Crippen LogP contribution in [0.3, 0.4) is 0 Å². The van der Waals surface area contributed by atoms with Crippen LogP contribution in [0.25, 0.3) is 111 Å². The number of hydrogen-bond donors (Lipinski definition) is 0. The Bertz CT molecular complexity index is 3970. The molecule has 0 bridgehead atoms. The first-order valence-electron chi connectivity index (χ1n) is 24.9. The van der Waals surface area contributed by atoms with Gasteiger partial charge in [0.2, 0.25) is 0 Å². The van der Waals surface area contributed by atoms with Crippen LogP contribution in [0.1, 0.15) is 50.1 Å². The van der Waals surface area contributed by atoms with Gasteiger partial charge >= 0.3 is 0 Å². The molecule has 0 atom stereocenters. The number of hydrogen-bond acceptors (Lipinski definition) is 2. The van der Waals surface area contributed by atoms with E-state index in [0.29, 0.717) is 5.56 Å². The van der Waals surface area contributed by atoms with E-state index in [0.717, 1.165) is 66.2 Å². The highest BCUT2D eigenvalue weighted by Crippen LogP contribution is 2.43. The van der Waals surface area contributed by atoms with Crippen molar-refractivity contribution in [1.29, 1.82) is 5.26 Å². The third-order valence-electron chi connectivity index (χ3n) is 14.4. The summed E-state index contributed by atoms with van der Waals surface area (Å²) in [6.07, 6.45) is 2.05. The highest BCUT2D eigenvalue weighted by molar-refractivity contribution is 6.13. The van der Waals surface area contributed by atoms with Crippen molar-refractivity contribution in [2.24, 2.45) is 0 Å². The zero-order valence-corrected chi connectivity index (χ0v) is 42.1. The van der Waals surface area contributed by atoms with Gasteiger partial charge in [0.25, 0.3) is 0 Å². The van der Waals surface area contributed by atoms with Crippen molar-refractivity contribution in [3.05, 3.63) is 232 Å². The van der Waals surface area contributed by atoms with Gasteiger partial charge in [0, 0.05) is 27.1 Å². The first-order valence-corrected chi connectivity index (χ1v) is 24.9. The Morgan fingerprint density at radius 1 is 0.333 bits per heavy atom. The number of aromatic nitrogens is 3. The van der Waals surface area contributed by atoms with Crippen LogP contribution in [0, 0.1) is 66.7 Å². The number of nitriles is 1. The Hall–Kier alpha value is -8.78. The largest absolute Gasteiger partial charge is 0.307 e. The van der Waals surface area contributed by atoms with Crippen LogP contribution in [0.2, 0.25) is 0 Å². The predicted molar refractivity (Wildman–Crippen MR) is 303 cm³/mol. The molecule has 4 nitrogen and oxygen atoms in total. The highest BCUT2D eigenvalue weighted by Gasteiger charge is 2.22. The molecule has 0 spiro atoms. The predicted octanol–water partition coefficient (Wildman–Crippen LogP) is 17.9. The van der Waals surface area contributed by atoms with Crippen molar-refractivity contribution < 1.29 is 0 Å². The number of fused-ring (bicyclic) bond motifs is 6. The Morgan fingerprint density at radius 3 is 1.03 bits per heavy atom. The summed E-state index contributed by atoms with van der Waals surface area (Å²) in [5, 5.41) is 14.9. The Labute approximate surface area is 421 Å². The minimum atomic E-state index is 0.602. The summed E-state index contributed by atoms with van der Waals surface area (Å²) in [5.41, 5.74) is 27.2. The summed E-state index contributed by atoms with van der Waals surface area (Å²) in [4.78, 5) is 5.47. The van der Waals surface area contributed by atoms with Crippen LogP contribution in [0.15, 0.2) is 182 Å². The zero-order valence-electron chi connectivity index (χ0n) is 42.1. The second-order valence-electron chi connectivity index (χ2n) is 20.4. The summed E-state index contributed by atoms with van der Waals surface area (Å²) in [6.45, 7) is 17.4. The summed E-state index contributed by atoms with van der Waals surface area (Å²) in [6, 6.07) is 67.3. The zero-order chi connectivity index (χ0) is 49.5. The number of aryl methyl sites for hydroxylation is 8. The molecule has 72 heavy (non-hydrogen) atoms. The summed E-state index contributed by atoms with van der Waals surface area (Å²) < 4.78 is 4.70. The number of rotatable bonds is 7. The van der Waals surface area contributed by atoms with E-state index < -0.39 is 0 Å². The maximum atomic E-state index is 10.3. The van der Waals surface area contributed by atoms with Gasteiger partial charge in [-0.1, -0.05) is 154 Å². The average molecular weight is 927 g/mol. The molecular formula is C68H54N4. The van der Waals surface area contributed by atoms with Gasteiger partial charge in [0.05, 0.1) is 45.6 Å². The molecule has 346 valence electrons. The lowest BCUT2D eigenvalue weighted by Crippen LogP contribution is -2.03. The third-order valence-corrected chi connectivity index (χ3v) is 14.4. The van der Waals surface area contributed by atoms with E-state index in [-0.39, 0.29) is 0 Å². The number of benzene rings is 9. The van der Waals surface area contributed by atoms with Crippen molar-refractivity contribution >= 4 is 43.6 Å². The Balaban J connectivity index is 1.12. The molecular weight excluding hydrogens is 873 g/mol. The van der Waals surface area contributed by atoms with Crippen molar-refractivity contribution in [2.45, 2.75) is 55.4 Å². The van der Waals surface area contributed by atoms with Gasteiger partial charge in [0.1, 0.15) is 5.82 Å². The fourth-order valence-electron chi connectivity index (χ4n) is 11.6. The minimum Gasteiger partial charge on any atom is -0.307 e. The molecule has 3 aromatic heterocycles. The molecule has 0 N–H and O–H groups in total.